The number of thiazole rings is 1. The van der Waals surface area contributed by atoms with Gasteiger partial charge in [-0.05, 0) is 28.1 Å². The van der Waals surface area contributed by atoms with Crippen molar-refractivity contribution in [1.82, 2.24) is 4.98 Å². The van der Waals surface area contributed by atoms with Gasteiger partial charge in [0.25, 0.3) is 0 Å². The summed E-state index contributed by atoms with van der Waals surface area (Å²) in [6.07, 6.45) is 0. The van der Waals surface area contributed by atoms with E-state index in [0.29, 0.717) is 4.90 Å². The van der Waals surface area contributed by atoms with Crippen molar-refractivity contribution in [3.05, 3.63) is 34.2 Å². The molecule has 90 valence electrons. The smallest absolute Gasteiger partial charge is 0.178 e. The molecule has 0 radical (unpaired) electrons. The Balaban J connectivity index is 2.37. The van der Waals surface area contributed by atoms with Crippen LogP contribution in [0.1, 0.15) is 6.92 Å². The van der Waals surface area contributed by atoms with Gasteiger partial charge in [-0.15, -0.1) is 11.3 Å². The van der Waals surface area contributed by atoms with Crippen LogP contribution in [0.25, 0.3) is 10.6 Å². The van der Waals surface area contributed by atoms with Gasteiger partial charge in [0.15, 0.2) is 9.84 Å². The van der Waals surface area contributed by atoms with Crippen molar-refractivity contribution >= 4 is 37.1 Å². The van der Waals surface area contributed by atoms with Crippen molar-refractivity contribution in [1.29, 1.82) is 0 Å². The molecule has 0 aliphatic rings. The van der Waals surface area contributed by atoms with Crippen LogP contribution in [0.4, 0.5) is 0 Å². The van der Waals surface area contributed by atoms with Crippen LogP contribution in [0, 0.1) is 0 Å². The molecule has 0 aliphatic carbocycles. The second-order valence-electron chi connectivity index (χ2n) is 3.40. The van der Waals surface area contributed by atoms with Crippen molar-refractivity contribution in [3.63, 3.8) is 0 Å². The van der Waals surface area contributed by atoms with Crippen LogP contribution in [-0.2, 0) is 9.84 Å². The van der Waals surface area contributed by atoms with Crippen LogP contribution >= 0.6 is 27.3 Å². The highest BCUT2D eigenvalue weighted by Gasteiger charge is 2.11. The fourth-order valence-corrected chi connectivity index (χ4v) is 3.50. The van der Waals surface area contributed by atoms with Gasteiger partial charge < -0.3 is 0 Å². The molecule has 0 atom stereocenters. The lowest BCUT2D eigenvalue weighted by atomic mass is 10.2. The topological polar surface area (TPSA) is 47.0 Å². The second-order valence-corrected chi connectivity index (χ2v) is 7.35. The molecule has 0 N–H and O–H groups in total. The molecule has 1 heterocycles. The average Bonchev–Trinajstić information content (AvgIpc) is 2.76. The van der Waals surface area contributed by atoms with E-state index in [-0.39, 0.29) is 5.75 Å². The monoisotopic (exact) mass is 331 g/mol. The largest absolute Gasteiger partial charge is 0.229 e. The Kier molecular flexibility index (Phi) is 3.65. The highest BCUT2D eigenvalue weighted by molar-refractivity contribution is 9.10. The number of nitrogens with zero attached hydrogens (tertiary/aromatic N) is 1. The first kappa shape index (κ1) is 12.7. The van der Waals surface area contributed by atoms with Gasteiger partial charge in [-0.3, -0.25) is 0 Å². The quantitative estimate of drug-likeness (QED) is 0.866. The van der Waals surface area contributed by atoms with E-state index in [9.17, 15) is 8.42 Å². The normalized spacial score (nSPS) is 11.6. The number of sulfone groups is 1. The molecule has 0 bridgehead atoms. The number of halogens is 1. The number of aromatic nitrogens is 1. The molecule has 0 fully saturated rings. The zero-order valence-electron chi connectivity index (χ0n) is 9.05. The molecule has 0 amide bonds. The molecule has 17 heavy (non-hydrogen) atoms. The van der Waals surface area contributed by atoms with Gasteiger partial charge >= 0.3 is 0 Å². The van der Waals surface area contributed by atoms with Gasteiger partial charge in [0.1, 0.15) is 9.61 Å². The molecule has 6 heteroatoms. The Morgan fingerprint density at radius 1 is 1.29 bits per heavy atom. The fraction of sp³-hybridized carbons (Fsp3) is 0.182. The highest BCUT2D eigenvalue weighted by atomic mass is 79.9. The van der Waals surface area contributed by atoms with E-state index < -0.39 is 9.84 Å². The summed E-state index contributed by atoms with van der Waals surface area (Å²) < 4.78 is 24.1. The van der Waals surface area contributed by atoms with Gasteiger partial charge in [-0.2, -0.15) is 0 Å². The average molecular weight is 332 g/mol. The summed E-state index contributed by atoms with van der Waals surface area (Å²) in [5, 5.41) is 2.77. The van der Waals surface area contributed by atoms with Crippen molar-refractivity contribution in [2.24, 2.45) is 0 Å². The van der Waals surface area contributed by atoms with Gasteiger partial charge in [0, 0.05) is 10.9 Å². The van der Waals surface area contributed by atoms with E-state index in [4.69, 9.17) is 0 Å². The van der Waals surface area contributed by atoms with E-state index in [1.165, 1.54) is 11.3 Å². The minimum atomic E-state index is -3.12. The third kappa shape index (κ3) is 2.75. The fourth-order valence-electron chi connectivity index (χ4n) is 1.36. The van der Waals surface area contributed by atoms with E-state index in [1.54, 1.807) is 31.2 Å². The highest BCUT2D eigenvalue weighted by Crippen LogP contribution is 2.26. The van der Waals surface area contributed by atoms with E-state index in [0.717, 1.165) is 15.2 Å². The zero-order valence-corrected chi connectivity index (χ0v) is 12.3. The maximum absolute atomic E-state index is 11.6. The summed E-state index contributed by atoms with van der Waals surface area (Å²) in [5.74, 6) is 0.120. The standard InChI is InChI=1S/C11H10BrNO2S2/c1-2-17(14,15)9-5-3-8(4-6-9)11-13-10(12)7-16-11/h3-7H,2H2,1H3. The maximum Gasteiger partial charge on any atom is 0.178 e. The van der Waals surface area contributed by atoms with Gasteiger partial charge in [-0.25, -0.2) is 13.4 Å². The molecule has 0 saturated carbocycles. The Morgan fingerprint density at radius 2 is 1.94 bits per heavy atom. The minimum absolute atomic E-state index is 0.120. The Labute approximate surface area is 113 Å². The predicted octanol–water partition coefficient (Wildman–Crippen LogP) is 3.37. The predicted molar refractivity (Wildman–Crippen MR) is 73.0 cm³/mol. The third-order valence-electron chi connectivity index (χ3n) is 2.32. The van der Waals surface area contributed by atoms with Gasteiger partial charge in [0.05, 0.1) is 10.6 Å². The first-order chi connectivity index (χ1) is 8.03. The third-order valence-corrected chi connectivity index (χ3v) is 5.67. The summed E-state index contributed by atoms with van der Waals surface area (Å²) in [6.45, 7) is 1.64. The Bertz CT molecular complexity index is 617. The summed E-state index contributed by atoms with van der Waals surface area (Å²) >= 11 is 4.80. The molecule has 0 aliphatic heterocycles. The van der Waals surface area contributed by atoms with E-state index in [2.05, 4.69) is 20.9 Å². The molecule has 1 aromatic carbocycles. The van der Waals surface area contributed by atoms with Crippen LogP contribution in [0.15, 0.2) is 39.1 Å². The molecular formula is C11H10BrNO2S2. The van der Waals surface area contributed by atoms with Crippen LogP contribution in [0.2, 0.25) is 0 Å². The molecule has 2 aromatic rings. The van der Waals surface area contributed by atoms with E-state index >= 15 is 0 Å². The minimum Gasteiger partial charge on any atom is -0.229 e. The molecule has 0 spiro atoms. The molecule has 3 nitrogen and oxygen atoms in total. The molecule has 2 rings (SSSR count). The Morgan fingerprint density at radius 3 is 2.41 bits per heavy atom. The van der Waals surface area contributed by atoms with Crippen molar-refractivity contribution in [2.45, 2.75) is 11.8 Å². The van der Waals surface area contributed by atoms with E-state index in [1.807, 2.05) is 5.38 Å². The lowest BCUT2D eigenvalue weighted by Gasteiger charge is -2.02. The number of benzene rings is 1. The number of rotatable bonds is 3. The molecule has 1 aromatic heterocycles. The SMILES string of the molecule is CCS(=O)(=O)c1ccc(-c2nc(Br)cs2)cc1. The lowest BCUT2D eigenvalue weighted by Crippen LogP contribution is -2.02. The van der Waals surface area contributed by atoms with Crippen LogP contribution < -0.4 is 0 Å². The van der Waals surface area contributed by atoms with Crippen LogP contribution in [0.5, 0.6) is 0 Å². The molecule has 0 saturated heterocycles. The second kappa shape index (κ2) is 4.88. The van der Waals surface area contributed by atoms with Crippen LogP contribution in [-0.4, -0.2) is 19.2 Å². The first-order valence-electron chi connectivity index (χ1n) is 4.97. The maximum atomic E-state index is 11.6. The number of hydrogen-bond donors (Lipinski definition) is 0. The van der Waals surface area contributed by atoms with Crippen molar-refractivity contribution in [2.75, 3.05) is 5.75 Å². The Hall–Kier alpha value is -0.720. The molecular weight excluding hydrogens is 322 g/mol. The first-order valence-corrected chi connectivity index (χ1v) is 8.29. The lowest BCUT2D eigenvalue weighted by molar-refractivity contribution is 0.597. The van der Waals surface area contributed by atoms with Gasteiger partial charge in [0.2, 0.25) is 0 Å². The zero-order chi connectivity index (χ0) is 12.5. The summed E-state index contributed by atoms with van der Waals surface area (Å²) in [6, 6.07) is 6.83. The summed E-state index contributed by atoms with van der Waals surface area (Å²) in [4.78, 5) is 4.64. The van der Waals surface area contributed by atoms with Gasteiger partial charge in [-0.1, -0.05) is 19.1 Å². The van der Waals surface area contributed by atoms with Crippen LogP contribution in [0.3, 0.4) is 0 Å². The van der Waals surface area contributed by atoms with Crippen molar-refractivity contribution < 1.29 is 8.42 Å². The van der Waals surface area contributed by atoms with Crippen molar-refractivity contribution in [3.8, 4) is 10.6 Å². The number of hydrogen-bond acceptors (Lipinski definition) is 4. The summed E-state index contributed by atoms with van der Waals surface area (Å²) in [7, 11) is -3.12. The molecule has 0 unspecified atom stereocenters. The summed E-state index contributed by atoms with van der Waals surface area (Å²) in [5.41, 5.74) is 0.927.